The molecule has 0 saturated heterocycles. The molecule has 0 aliphatic heterocycles. The average molecular weight is 335 g/mol. The van der Waals surface area contributed by atoms with Gasteiger partial charge < -0.3 is 0 Å². The van der Waals surface area contributed by atoms with Gasteiger partial charge in [0.2, 0.25) is 0 Å². The van der Waals surface area contributed by atoms with Crippen LogP contribution < -0.4 is 0 Å². The van der Waals surface area contributed by atoms with E-state index in [9.17, 15) is 9.59 Å². The smallest absolute Gasteiger partial charge is 0.247 e. The molecule has 0 bridgehead atoms. The van der Waals surface area contributed by atoms with E-state index in [0.29, 0.717) is 12.3 Å². The molecule has 1 aliphatic rings. The van der Waals surface area contributed by atoms with Crippen LogP contribution in [0.4, 0.5) is 0 Å². The van der Waals surface area contributed by atoms with Gasteiger partial charge in [-0.25, -0.2) is 19.4 Å². The van der Waals surface area contributed by atoms with Gasteiger partial charge in [0.25, 0.3) is 0 Å². The molecule has 5 heteroatoms. The summed E-state index contributed by atoms with van der Waals surface area (Å²) >= 11 is 0. The molecule has 0 spiro atoms. The quantitative estimate of drug-likeness (QED) is 0.299. The van der Waals surface area contributed by atoms with Gasteiger partial charge in [-0.3, -0.25) is 0 Å². The monoisotopic (exact) mass is 335 g/mol. The van der Waals surface area contributed by atoms with E-state index in [1.54, 1.807) is 0 Å². The van der Waals surface area contributed by atoms with Crippen molar-refractivity contribution in [1.82, 2.24) is 0 Å². The Hall–Kier alpha value is -0.0600. The summed E-state index contributed by atoms with van der Waals surface area (Å²) in [5.41, 5.74) is -0.491. The normalized spacial score (nSPS) is 24.0. The number of hydrogen-bond donors (Lipinski definition) is 0. The van der Waals surface area contributed by atoms with Crippen molar-refractivity contribution in [2.24, 2.45) is 17.3 Å². The first-order valence-corrected chi connectivity index (χ1v) is 8.84. The summed E-state index contributed by atoms with van der Waals surface area (Å²) in [6.45, 7) is 8.43. The second kappa shape index (κ2) is 11.5. The van der Waals surface area contributed by atoms with Crippen LogP contribution >= 0.6 is 0 Å². The minimum absolute atomic E-state index is 0. The van der Waals surface area contributed by atoms with E-state index in [4.69, 9.17) is 9.78 Å². The fourth-order valence-electron chi connectivity index (χ4n) is 3.20. The molecule has 0 unspecified atom stereocenters. The largest absolute Gasteiger partial charge is 0.361 e. The Kier molecular flexibility index (Phi) is 11.5. The van der Waals surface area contributed by atoms with Crippen molar-refractivity contribution in [1.29, 1.82) is 0 Å². The Morgan fingerprint density at radius 1 is 1.09 bits per heavy atom. The Morgan fingerprint density at radius 3 is 2.22 bits per heavy atom. The summed E-state index contributed by atoms with van der Waals surface area (Å²) < 4.78 is 0. The maximum atomic E-state index is 12.4. The SMILES string of the molecule is CCCCCCC(=O)OOC(=O)C1(C(C)C)CCC(C)CC1.[Na]. The molecule has 1 radical (unpaired) electrons. The minimum atomic E-state index is -0.491. The van der Waals surface area contributed by atoms with Crippen molar-refractivity contribution in [2.45, 2.75) is 85.5 Å². The summed E-state index contributed by atoms with van der Waals surface area (Å²) in [6.07, 6.45) is 8.04. The van der Waals surface area contributed by atoms with Gasteiger partial charge in [-0.15, -0.1) is 0 Å². The van der Waals surface area contributed by atoms with Gasteiger partial charge in [-0.2, -0.15) is 0 Å². The van der Waals surface area contributed by atoms with Crippen LogP contribution in [0.1, 0.15) is 85.5 Å². The number of carbonyl (C=O) groups excluding carboxylic acids is 2. The van der Waals surface area contributed by atoms with Crippen molar-refractivity contribution in [3.8, 4) is 0 Å². The third kappa shape index (κ3) is 7.15. The topological polar surface area (TPSA) is 52.6 Å². The Bertz CT molecular complexity index is 360. The number of unbranched alkanes of at least 4 members (excludes halogenated alkanes) is 3. The van der Waals surface area contributed by atoms with Crippen molar-refractivity contribution < 1.29 is 19.4 Å². The van der Waals surface area contributed by atoms with E-state index in [1.165, 1.54) is 0 Å². The Balaban J connectivity index is 0.00000484. The second-order valence-electron chi connectivity index (χ2n) is 7.13. The summed E-state index contributed by atoms with van der Waals surface area (Å²) in [7, 11) is 0. The average Bonchev–Trinajstić information content (AvgIpc) is 2.50. The maximum absolute atomic E-state index is 12.4. The molecule has 1 aliphatic carbocycles. The van der Waals surface area contributed by atoms with Crippen molar-refractivity contribution >= 4 is 41.5 Å². The molecule has 129 valence electrons. The van der Waals surface area contributed by atoms with Gasteiger partial charge in [-0.05, 0) is 43.9 Å². The van der Waals surface area contributed by atoms with Crippen LogP contribution in [0, 0.1) is 17.3 Å². The van der Waals surface area contributed by atoms with Gasteiger partial charge in [0.1, 0.15) is 0 Å². The van der Waals surface area contributed by atoms with Crippen molar-refractivity contribution in [3.05, 3.63) is 0 Å². The van der Waals surface area contributed by atoms with Gasteiger partial charge in [0, 0.05) is 29.6 Å². The van der Waals surface area contributed by atoms with Crippen LogP contribution in [-0.2, 0) is 19.4 Å². The van der Waals surface area contributed by atoms with E-state index >= 15 is 0 Å². The van der Waals surface area contributed by atoms with E-state index in [1.807, 2.05) is 13.8 Å². The van der Waals surface area contributed by atoms with Crippen LogP contribution in [-0.4, -0.2) is 41.5 Å². The molecule has 0 atom stereocenters. The zero-order chi connectivity index (χ0) is 16.6. The molecule has 0 amide bonds. The van der Waals surface area contributed by atoms with Gasteiger partial charge in [-0.1, -0.05) is 47.0 Å². The van der Waals surface area contributed by atoms with E-state index in [0.717, 1.165) is 51.4 Å². The Labute approximate surface area is 163 Å². The molecule has 0 aromatic heterocycles. The summed E-state index contributed by atoms with van der Waals surface area (Å²) in [5, 5.41) is 0. The second-order valence-corrected chi connectivity index (χ2v) is 7.13. The molecule has 0 aromatic rings. The fraction of sp³-hybridized carbons (Fsp3) is 0.889. The standard InChI is InChI=1S/C18H32O4.Na/c1-5-6-7-8-9-16(19)21-22-17(20)18(14(2)3)12-10-15(4)11-13-18;/h14-15H,5-13H2,1-4H3;. The molecule has 4 nitrogen and oxygen atoms in total. The minimum Gasteiger partial charge on any atom is -0.247 e. The van der Waals surface area contributed by atoms with Crippen LogP contribution in [0.25, 0.3) is 0 Å². The van der Waals surface area contributed by atoms with E-state index in [-0.39, 0.29) is 41.4 Å². The van der Waals surface area contributed by atoms with E-state index in [2.05, 4.69) is 13.8 Å². The Morgan fingerprint density at radius 2 is 1.70 bits per heavy atom. The van der Waals surface area contributed by atoms with Crippen LogP contribution in [0.15, 0.2) is 0 Å². The number of carbonyl (C=O) groups is 2. The van der Waals surface area contributed by atoms with Crippen molar-refractivity contribution in [2.75, 3.05) is 0 Å². The molecule has 1 saturated carbocycles. The van der Waals surface area contributed by atoms with Crippen LogP contribution in [0.3, 0.4) is 0 Å². The zero-order valence-electron chi connectivity index (χ0n) is 15.7. The summed E-state index contributed by atoms with van der Waals surface area (Å²) in [6, 6.07) is 0. The third-order valence-electron chi connectivity index (χ3n) is 5.12. The van der Waals surface area contributed by atoms with Crippen molar-refractivity contribution in [3.63, 3.8) is 0 Å². The predicted octanol–water partition coefficient (Wildman–Crippen LogP) is 4.43. The molecule has 0 heterocycles. The molecular formula is C18H32NaO4. The zero-order valence-corrected chi connectivity index (χ0v) is 17.7. The number of hydrogen-bond acceptors (Lipinski definition) is 4. The first-order valence-electron chi connectivity index (χ1n) is 8.84. The first-order chi connectivity index (χ1) is 10.4. The molecule has 1 rings (SSSR count). The molecule has 0 N–H and O–H groups in total. The number of rotatable bonds is 7. The van der Waals surface area contributed by atoms with Crippen LogP contribution in [0.2, 0.25) is 0 Å². The summed E-state index contributed by atoms with van der Waals surface area (Å²) in [5.74, 6) is 0.0420. The predicted molar refractivity (Wildman–Crippen MR) is 91.6 cm³/mol. The summed E-state index contributed by atoms with van der Waals surface area (Å²) in [4.78, 5) is 33.7. The van der Waals surface area contributed by atoms with Gasteiger partial charge in [0.15, 0.2) is 0 Å². The fourth-order valence-corrected chi connectivity index (χ4v) is 3.20. The molecule has 0 aromatic carbocycles. The van der Waals surface area contributed by atoms with Gasteiger partial charge >= 0.3 is 11.9 Å². The molecular weight excluding hydrogens is 303 g/mol. The van der Waals surface area contributed by atoms with E-state index < -0.39 is 11.4 Å². The van der Waals surface area contributed by atoms with Crippen LogP contribution in [0.5, 0.6) is 0 Å². The van der Waals surface area contributed by atoms with Gasteiger partial charge in [0.05, 0.1) is 11.8 Å². The first kappa shape index (κ1) is 22.9. The maximum Gasteiger partial charge on any atom is 0.361 e. The molecule has 1 fully saturated rings. The third-order valence-corrected chi connectivity index (χ3v) is 5.12. The molecule has 23 heavy (non-hydrogen) atoms.